The van der Waals surface area contributed by atoms with Crippen LogP contribution in [0.2, 0.25) is 0 Å². The van der Waals surface area contributed by atoms with Gasteiger partial charge in [-0.15, -0.1) is 10.2 Å². The highest BCUT2D eigenvalue weighted by Crippen LogP contribution is 2.22. The van der Waals surface area contributed by atoms with Crippen LogP contribution in [-0.2, 0) is 0 Å². The minimum absolute atomic E-state index is 0.288. The van der Waals surface area contributed by atoms with E-state index in [0.29, 0.717) is 10.8 Å². The van der Waals surface area contributed by atoms with Gasteiger partial charge in [0, 0.05) is 5.69 Å². The number of carboxylic acids is 1. The molecular formula is C11H11N3O2S. The zero-order valence-electron chi connectivity index (χ0n) is 9.39. The van der Waals surface area contributed by atoms with Gasteiger partial charge in [0.2, 0.25) is 5.13 Å². The van der Waals surface area contributed by atoms with E-state index in [2.05, 4.69) is 15.5 Å². The summed E-state index contributed by atoms with van der Waals surface area (Å²) in [5, 5.41) is 21.3. The Morgan fingerprint density at radius 2 is 2.12 bits per heavy atom. The van der Waals surface area contributed by atoms with Crippen LogP contribution in [0.1, 0.15) is 20.9 Å². The number of anilines is 2. The minimum Gasteiger partial charge on any atom is -0.478 e. The molecule has 0 aliphatic rings. The molecule has 2 aromatic rings. The third-order valence-electron chi connectivity index (χ3n) is 2.25. The molecule has 0 unspecified atom stereocenters. The summed E-state index contributed by atoms with van der Waals surface area (Å²) in [7, 11) is 0. The molecule has 1 aromatic heterocycles. The molecule has 0 radical (unpaired) electrons. The van der Waals surface area contributed by atoms with E-state index in [1.807, 2.05) is 13.0 Å². The molecule has 0 spiro atoms. The number of aryl methyl sites for hydroxylation is 2. The first-order valence-electron chi connectivity index (χ1n) is 4.97. The van der Waals surface area contributed by atoms with Gasteiger partial charge >= 0.3 is 5.97 Å². The summed E-state index contributed by atoms with van der Waals surface area (Å²) in [5.41, 5.74) is 1.72. The number of rotatable bonds is 3. The highest BCUT2D eigenvalue weighted by Gasteiger charge is 2.08. The first-order chi connectivity index (χ1) is 8.06. The molecule has 0 aliphatic heterocycles. The summed E-state index contributed by atoms with van der Waals surface area (Å²) in [5.74, 6) is -0.931. The summed E-state index contributed by atoms with van der Waals surface area (Å²) < 4.78 is 0. The Hall–Kier alpha value is -1.95. The number of nitrogens with zero attached hydrogens (tertiary/aromatic N) is 2. The average molecular weight is 249 g/mol. The lowest BCUT2D eigenvalue weighted by Crippen LogP contribution is -2.01. The number of carbonyl (C=O) groups is 1. The normalized spacial score (nSPS) is 10.2. The minimum atomic E-state index is -0.931. The number of carboxylic acid groups (broad SMARTS) is 1. The first-order valence-corrected chi connectivity index (χ1v) is 5.79. The van der Waals surface area contributed by atoms with E-state index in [4.69, 9.17) is 5.11 Å². The summed E-state index contributed by atoms with van der Waals surface area (Å²) in [4.78, 5) is 11.0. The average Bonchev–Trinajstić information content (AvgIpc) is 2.66. The zero-order valence-corrected chi connectivity index (χ0v) is 10.2. The van der Waals surface area contributed by atoms with Crippen molar-refractivity contribution >= 4 is 28.1 Å². The molecule has 88 valence electrons. The maximum Gasteiger partial charge on any atom is 0.336 e. The smallest absolute Gasteiger partial charge is 0.336 e. The molecule has 1 aromatic carbocycles. The predicted molar refractivity (Wildman–Crippen MR) is 66.1 cm³/mol. The molecule has 0 saturated heterocycles. The second-order valence-electron chi connectivity index (χ2n) is 3.59. The highest BCUT2D eigenvalue weighted by atomic mass is 32.1. The van der Waals surface area contributed by atoms with E-state index in [9.17, 15) is 4.79 Å². The molecule has 0 bridgehead atoms. The summed E-state index contributed by atoms with van der Waals surface area (Å²) in [6, 6.07) is 5.17. The van der Waals surface area contributed by atoms with Crippen molar-refractivity contribution in [3.8, 4) is 0 Å². The lowest BCUT2D eigenvalue weighted by atomic mass is 10.1. The lowest BCUT2D eigenvalue weighted by Gasteiger charge is -2.05. The predicted octanol–water partition coefficient (Wildman–Crippen LogP) is 2.60. The molecule has 6 heteroatoms. The Balaban J connectivity index is 2.28. The standard InChI is InChI=1S/C11H11N3O2S/c1-6-3-4-8(5-9(6)10(15)16)12-11-14-13-7(2)17-11/h3-5H,1-2H3,(H,12,14)(H,15,16). The molecule has 0 amide bonds. The number of benzene rings is 1. The lowest BCUT2D eigenvalue weighted by molar-refractivity contribution is 0.0696. The van der Waals surface area contributed by atoms with E-state index in [0.717, 1.165) is 10.6 Å². The third kappa shape index (κ3) is 2.59. The van der Waals surface area contributed by atoms with Gasteiger partial charge in [0.1, 0.15) is 5.01 Å². The maximum atomic E-state index is 11.0. The second-order valence-corrected chi connectivity index (χ2v) is 4.77. The zero-order chi connectivity index (χ0) is 12.4. The van der Waals surface area contributed by atoms with Gasteiger partial charge in [0.15, 0.2) is 0 Å². The van der Waals surface area contributed by atoms with Gasteiger partial charge in [-0.05, 0) is 31.5 Å². The first kappa shape index (κ1) is 11.5. The van der Waals surface area contributed by atoms with Gasteiger partial charge < -0.3 is 10.4 Å². The quantitative estimate of drug-likeness (QED) is 0.874. The van der Waals surface area contributed by atoms with Crippen molar-refractivity contribution in [1.29, 1.82) is 0 Å². The third-order valence-corrected chi connectivity index (χ3v) is 3.00. The highest BCUT2D eigenvalue weighted by molar-refractivity contribution is 7.15. The fourth-order valence-electron chi connectivity index (χ4n) is 1.40. The Kier molecular flexibility index (Phi) is 3.06. The molecule has 0 saturated carbocycles. The van der Waals surface area contributed by atoms with Crippen LogP contribution < -0.4 is 5.32 Å². The number of hydrogen-bond acceptors (Lipinski definition) is 5. The SMILES string of the molecule is Cc1nnc(Nc2ccc(C)c(C(=O)O)c2)s1. The Bertz CT molecular complexity index is 566. The van der Waals surface area contributed by atoms with Crippen molar-refractivity contribution in [3.05, 3.63) is 34.3 Å². The Morgan fingerprint density at radius 1 is 1.35 bits per heavy atom. The molecule has 17 heavy (non-hydrogen) atoms. The molecule has 0 fully saturated rings. The van der Waals surface area contributed by atoms with Crippen LogP contribution >= 0.6 is 11.3 Å². The molecule has 2 N–H and O–H groups in total. The topological polar surface area (TPSA) is 75.1 Å². The fraction of sp³-hybridized carbons (Fsp3) is 0.182. The van der Waals surface area contributed by atoms with E-state index >= 15 is 0 Å². The van der Waals surface area contributed by atoms with Crippen LogP contribution in [0.4, 0.5) is 10.8 Å². The van der Waals surface area contributed by atoms with Gasteiger partial charge in [-0.1, -0.05) is 17.4 Å². The van der Waals surface area contributed by atoms with Gasteiger partial charge in [0.05, 0.1) is 5.56 Å². The van der Waals surface area contributed by atoms with Crippen LogP contribution in [0.5, 0.6) is 0 Å². The van der Waals surface area contributed by atoms with Crippen LogP contribution in [0, 0.1) is 13.8 Å². The van der Waals surface area contributed by atoms with Gasteiger partial charge in [-0.25, -0.2) is 4.79 Å². The van der Waals surface area contributed by atoms with Crippen molar-refractivity contribution in [2.75, 3.05) is 5.32 Å². The molecule has 2 rings (SSSR count). The molecule has 0 atom stereocenters. The van der Waals surface area contributed by atoms with Crippen LogP contribution in [-0.4, -0.2) is 21.3 Å². The molecular weight excluding hydrogens is 238 g/mol. The van der Waals surface area contributed by atoms with Gasteiger partial charge in [-0.2, -0.15) is 0 Å². The van der Waals surface area contributed by atoms with E-state index in [-0.39, 0.29) is 5.56 Å². The maximum absolute atomic E-state index is 11.0. The van der Waals surface area contributed by atoms with Gasteiger partial charge in [-0.3, -0.25) is 0 Å². The Labute approximate surface area is 102 Å². The summed E-state index contributed by atoms with van der Waals surface area (Å²) in [6.45, 7) is 3.63. The number of hydrogen-bond donors (Lipinski definition) is 2. The van der Waals surface area contributed by atoms with Crippen molar-refractivity contribution in [2.45, 2.75) is 13.8 Å². The van der Waals surface area contributed by atoms with E-state index in [1.54, 1.807) is 19.1 Å². The van der Waals surface area contributed by atoms with E-state index < -0.39 is 5.97 Å². The Morgan fingerprint density at radius 3 is 2.71 bits per heavy atom. The summed E-state index contributed by atoms with van der Waals surface area (Å²) in [6.07, 6.45) is 0. The summed E-state index contributed by atoms with van der Waals surface area (Å²) >= 11 is 1.42. The number of aromatic nitrogens is 2. The monoisotopic (exact) mass is 249 g/mol. The van der Waals surface area contributed by atoms with Crippen molar-refractivity contribution in [1.82, 2.24) is 10.2 Å². The van der Waals surface area contributed by atoms with Crippen molar-refractivity contribution in [3.63, 3.8) is 0 Å². The molecule has 0 aliphatic carbocycles. The van der Waals surface area contributed by atoms with Crippen LogP contribution in [0.15, 0.2) is 18.2 Å². The van der Waals surface area contributed by atoms with Crippen LogP contribution in [0.25, 0.3) is 0 Å². The van der Waals surface area contributed by atoms with Crippen molar-refractivity contribution in [2.24, 2.45) is 0 Å². The van der Waals surface area contributed by atoms with Gasteiger partial charge in [0.25, 0.3) is 0 Å². The molecule has 5 nitrogen and oxygen atoms in total. The second kappa shape index (κ2) is 4.50. The molecule has 1 heterocycles. The number of nitrogens with one attached hydrogen (secondary N) is 1. The van der Waals surface area contributed by atoms with E-state index in [1.165, 1.54) is 11.3 Å². The van der Waals surface area contributed by atoms with Crippen LogP contribution in [0.3, 0.4) is 0 Å². The largest absolute Gasteiger partial charge is 0.478 e. The number of aromatic carboxylic acids is 1. The van der Waals surface area contributed by atoms with Crippen molar-refractivity contribution < 1.29 is 9.90 Å². The fourth-order valence-corrected chi connectivity index (χ4v) is 2.01.